The maximum Gasteiger partial charge on any atom is 0.407 e. The van der Waals surface area contributed by atoms with E-state index in [9.17, 15) is 9.59 Å². The van der Waals surface area contributed by atoms with Crippen LogP contribution in [0.5, 0.6) is 0 Å². The van der Waals surface area contributed by atoms with Crippen LogP contribution in [0.4, 0.5) is 16.2 Å². The number of fused-ring (bicyclic) bond motifs is 1. The molecule has 1 aliphatic heterocycles. The second kappa shape index (κ2) is 12.6. The highest BCUT2D eigenvalue weighted by atomic mass is 16.6. The molecule has 2 unspecified atom stereocenters. The minimum absolute atomic E-state index is 0.0796. The summed E-state index contributed by atoms with van der Waals surface area (Å²) in [6, 6.07) is 19.4. The molecular weight excluding hydrogens is 530 g/mol. The maximum atomic E-state index is 13.1. The van der Waals surface area contributed by atoms with Crippen molar-refractivity contribution in [3.05, 3.63) is 84.5 Å². The number of piperidine rings is 1. The molecule has 0 radical (unpaired) electrons. The van der Waals surface area contributed by atoms with Gasteiger partial charge >= 0.3 is 6.09 Å². The predicted molar refractivity (Wildman–Crippen MR) is 164 cm³/mol. The summed E-state index contributed by atoms with van der Waals surface area (Å²) in [6.07, 6.45) is 6.04. The first-order chi connectivity index (χ1) is 20.1. The number of alkyl carbamates (subject to hydrolysis) is 1. The Morgan fingerprint density at radius 1 is 1.02 bits per heavy atom. The normalized spacial score (nSPS) is 18.5. The number of ether oxygens (including phenoxy) is 1. The van der Waals surface area contributed by atoms with E-state index in [0.717, 1.165) is 42.6 Å². The first kappa shape index (κ1) is 29.1. The molecule has 1 saturated carbocycles. The number of carbonyl (C=O) groups is 2. The van der Waals surface area contributed by atoms with E-state index < -0.39 is 11.7 Å². The first-order valence-electron chi connectivity index (χ1n) is 14.5. The Kier molecular flexibility index (Phi) is 8.75. The Bertz CT molecular complexity index is 1480. The van der Waals surface area contributed by atoms with Gasteiger partial charge in [0, 0.05) is 36.6 Å². The van der Waals surface area contributed by atoms with Gasteiger partial charge in [-0.25, -0.2) is 9.78 Å². The third kappa shape index (κ3) is 7.87. The fraction of sp³-hybridized carbons (Fsp3) is 0.394. The average molecular weight is 570 g/mol. The smallest absolute Gasteiger partial charge is 0.407 e. The van der Waals surface area contributed by atoms with Gasteiger partial charge in [-0.15, -0.1) is 0 Å². The average Bonchev–Trinajstić information content (AvgIpc) is 3.71. The van der Waals surface area contributed by atoms with Gasteiger partial charge in [-0.3, -0.25) is 9.78 Å². The number of anilines is 2. The molecule has 4 aromatic rings. The molecule has 2 aliphatic rings. The minimum Gasteiger partial charge on any atom is -0.444 e. The molecule has 6 rings (SSSR count). The summed E-state index contributed by atoms with van der Waals surface area (Å²) in [7, 11) is 0. The zero-order valence-corrected chi connectivity index (χ0v) is 24.7. The van der Waals surface area contributed by atoms with Gasteiger partial charge in [0.1, 0.15) is 17.1 Å². The van der Waals surface area contributed by atoms with Crippen molar-refractivity contribution in [3.63, 3.8) is 0 Å². The highest BCUT2D eigenvalue weighted by Gasteiger charge is 2.30. The van der Waals surface area contributed by atoms with Gasteiger partial charge in [0.25, 0.3) is 5.91 Å². The molecule has 1 aromatic carbocycles. The minimum atomic E-state index is -0.557. The van der Waals surface area contributed by atoms with Gasteiger partial charge in [-0.1, -0.05) is 43.3 Å². The molecule has 4 heterocycles. The largest absolute Gasteiger partial charge is 0.444 e. The lowest BCUT2D eigenvalue weighted by Gasteiger charge is -2.39. The van der Waals surface area contributed by atoms with Gasteiger partial charge in [0.2, 0.25) is 5.71 Å². The standard InChI is InChI=1S/C27H33N5O4.C6H6/c1-16-11-19(29-26(34)36-27(2,3)4)15-32(14-16)22-9-10-28-13-21(22)30-24(33)20-8-7-18-12-23(17-5-6-17)35-25(18)31-20;1-2-4-6-5-3-1/h7-10,12-13,16-17,19H,5-6,11,14-15H2,1-4H3,(H,29,34)(H,30,33);1-6H. The molecule has 2 amide bonds. The summed E-state index contributed by atoms with van der Waals surface area (Å²) in [5, 5.41) is 6.87. The zero-order chi connectivity index (χ0) is 29.7. The maximum absolute atomic E-state index is 13.1. The number of furan rings is 1. The number of benzene rings is 1. The van der Waals surface area contributed by atoms with Crippen molar-refractivity contribution in [1.82, 2.24) is 15.3 Å². The topological polar surface area (TPSA) is 110 Å². The monoisotopic (exact) mass is 569 g/mol. The van der Waals surface area contributed by atoms with E-state index in [-0.39, 0.29) is 17.6 Å². The second-order valence-electron chi connectivity index (χ2n) is 12.1. The van der Waals surface area contributed by atoms with Crippen LogP contribution in [0.1, 0.15) is 69.1 Å². The fourth-order valence-electron chi connectivity index (χ4n) is 5.09. The Balaban J connectivity index is 0.000000524. The molecule has 2 N–H and O–H groups in total. The van der Waals surface area contributed by atoms with Crippen LogP contribution < -0.4 is 15.5 Å². The van der Waals surface area contributed by atoms with E-state index >= 15 is 0 Å². The molecule has 1 aliphatic carbocycles. The summed E-state index contributed by atoms with van der Waals surface area (Å²) < 4.78 is 11.3. The summed E-state index contributed by atoms with van der Waals surface area (Å²) in [5.41, 5.74) is 1.64. The molecular formula is C33H39N5O4. The van der Waals surface area contributed by atoms with E-state index in [1.807, 2.05) is 75.4 Å². The van der Waals surface area contributed by atoms with Gasteiger partial charge < -0.3 is 24.7 Å². The number of nitrogens with zero attached hydrogens (tertiary/aromatic N) is 3. The SMILES string of the molecule is CC1CC(NC(=O)OC(C)(C)C)CN(c2ccncc2NC(=O)c2ccc3cc(C4CC4)oc3n2)C1.c1ccccc1. The molecule has 1 saturated heterocycles. The summed E-state index contributed by atoms with van der Waals surface area (Å²) in [4.78, 5) is 36.3. The van der Waals surface area contributed by atoms with Crippen molar-refractivity contribution in [1.29, 1.82) is 0 Å². The van der Waals surface area contributed by atoms with E-state index in [4.69, 9.17) is 9.15 Å². The highest BCUT2D eigenvalue weighted by Crippen LogP contribution is 2.42. The highest BCUT2D eigenvalue weighted by molar-refractivity contribution is 6.05. The lowest BCUT2D eigenvalue weighted by molar-refractivity contribution is 0.0495. The van der Waals surface area contributed by atoms with Crippen molar-refractivity contribution in [3.8, 4) is 0 Å². The van der Waals surface area contributed by atoms with Gasteiger partial charge in [-0.2, -0.15) is 0 Å². The Hall–Kier alpha value is -4.40. The zero-order valence-electron chi connectivity index (χ0n) is 24.7. The Labute approximate surface area is 246 Å². The number of pyridine rings is 2. The van der Waals surface area contributed by atoms with Crippen molar-refractivity contribution in [2.24, 2.45) is 5.92 Å². The molecule has 9 nitrogen and oxygen atoms in total. The number of carbonyl (C=O) groups excluding carboxylic acids is 2. The van der Waals surface area contributed by atoms with E-state index in [1.54, 1.807) is 18.5 Å². The summed E-state index contributed by atoms with van der Waals surface area (Å²) in [6.45, 7) is 9.07. The molecule has 0 bridgehead atoms. The van der Waals surface area contributed by atoms with Crippen LogP contribution in [0.25, 0.3) is 11.1 Å². The van der Waals surface area contributed by atoms with E-state index in [0.29, 0.717) is 29.8 Å². The molecule has 9 heteroatoms. The number of nitrogens with one attached hydrogen (secondary N) is 2. The van der Waals surface area contributed by atoms with Crippen LogP contribution in [0.2, 0.25) is 0 Å². The molecule has 220 valence electrons. The lowest BCUT2D eigenvalue weighted by atomic mass is 9.95. The third-order valence-electron chi connectivity index (χ3n) is 7.05. The van der Waals surface area contributed by atoms with Crippen LogP contribution >= 0.6 is 0 Å². The number of hydrogen-bond donors (Lipinski definition) is 2. The first-order valence-corrected chi connectivity index (χ1v) is 14.5. The molecule has 3 aromatic heterocycles. The van der Waals surface area contributed by atoms with Crippen molar-refractivity contribution < 1.29 is 18.7 Å². The fourth-order valence-corrected chi connectivity index (χ4v) is 5.09. The van der Waals surface area contributed by atoms with Crippen LogP contribution in [-0.2, 0) is 4.74 Å². The van der Waals surface area contributed by atoms with Gasteiger partial charge in [0.15, 0.2) is 0 Å². The van der Waals surface area contributed by atoms with E-state index in [1.165, 1.54) is 0 Å². The number of hydrogen-bond acceptors (Lipinski definition) is 7. The van der Waals surface area contributed by atoms with E-state index in [2.05, 4.69) is 32.4 Å². The van der Waals surface area contributed by atoms with Crippen LogP contribution in [0.3, 0.4) is 0 Å². The van der Waals surface area contributed by atoms with Crippen molar-refractivity contribution >= 4 is 34.5 Å². The third-order valence-corrected chi connectivity index (χ3v) is 7.05. The second-order valence-corrected chi connectivity index (χ2v) is 12.1. The van der Waals surface area contributed by atoms with Gasteiger partial charge in [0.05, 0.1) is 17.6 Å². The molecule has 0 spiro atoms. The summed E-state index contributed by atoms with van der Waals surface area (Å²) >= 11 is 0. The summed E-state index contributed by atoms with van der Waals surface area (Å²) in [5.74, 6) is 1.43. The Morgan fingerprint density at radius 2 is 1.74 bits per heavy atom. The lowest BCUT2D eigenvalue weighted by Crippen LogP contribution is -2.51. The predicted octanol–water partition coefficient (Wildman–Crippen LogP) is 6.78. The van der Waals surface area contributed by atoms with Crippen LogP contribution in [0.15, 0.2) is 77.5 Å². The van der Waals surface area contributed by atoms with Gasteiger partial charge in [-0.05, 0) is 70.2 Å². The number of amides is 2. The van der Waals surface area contributed by atoms with Crippen molar-refractivity contribution in [2.75, 3.05) is 23.3 Å². The number of aromatic nitrogens is 2. The molecule has 42 heavy (non-hydrogen) atoms. The Morgan fingerprint density at radius 3 is 2.40 bits per heavy atom. The quantitative estimate of drug-likeness (QED) is 0.273. The van der Waals surface area contributed by atoms with Crippen molar-refractivity contribution in [2.45, 2.75) is 64.5 Å². The van der Waals surface area contributed by atoms with Crippen LogP contribution in [-0.4, -0.2) is 46.7 Å². The molecule has 2 atom stereocenters. The molecule has 2 fully saturated rings. The van der Waals surface area contributed by atoms with Crippen LogP contribution in [0, 0.1) is 5.92 Å². The number of rotatable bonds is 5.